The van der Waals surface area contributed by atoms with Gasteiger partial charge in [-0.1, -0.05) is 31.2 Å². The Morgan fingerprint density at radius 3 is 2.58 bits per heavy atom. The minimum atomic E-state index is 0.458. The standard InChI is InChI=1S/C17H27NO/c1-3-12-18-16-8-10-17(11-9-16)19-13-15-7-5-4-6-14(15)2/h4-7,16-18H,3,8-13H2,1-2H3. The van der Waals surface area contributed by atoms with Crippen LogP contribution in [0.5, 0.6) is 0 Å². The summed E-state index contributed by atoms with van der Waals surface area (Å²) in [6, 6.07) is 9.23. The summed E-state index contributed by atoms with van der Waals surface area (Å²) in [6.07, 6.45) is 6.61. The normalized spacial score (nSPS) is 23.5. The van der Waals surface area contributed by atoms with E-state index in [1.165, 1.54) is 43.2 Å². The van der Waals surface area contributed by atoms with Gasteiger partial charge in [0.15, 0.2) is 0 Å². The maximum atomic E-state index is 6.07. The summed E-state index contributed by atoms with van der Waals surface area (Å²) in [4.78, 5) is 0. The Morgan fingerprint density at radius 2 is 1.89 bits per heavy atom. The lowest BCUT2D eigenvalue weighted by molar-refractivity contribution is 0.0111. The summed E-state index contributed by atoms with van der Waals surface area (Å²) in [5, 5.41) is 3.62. The summed E-state index contributed by atoms with van der Waals surface area (Å²) in [5.41, 5.74) is 2.66. The number of hydrogen-bond acceptors (Lipinski definition) is 2. The van der Waals surface area contributed by atoms with Crippen LogP contribution in [-0.2, 0) is 11.3 Å². The molecule has 0 saturated heterocycles. The molecular weight excluding hydrogens is 234 g/mol. The first-order valence-corrected chi connectivity index (χ1v) is 7.69. The fourth-order valence-corrected chi connectivity index (χ4v) is 2.76. The molecule has 2 heteroatoms. The largest absolute Gasteiger partial charge is 0.374 e. The van der Waals surface area contributed by atoms with Crippen LogP contribution in [0.25, 0.3) is 0 Å². The lowest BCUT2D eigenvalue weighted by Gasteiger charge is -2.29. The first-order chi connectivity index (χ1) is 9.29. The Balaban J connectivity index is 1.70. The third-order valence-corrected chi connectivity index (χ3v) is 4.09. The third-order valence-electron chi connectivity index (χ3n) is 4.09. The highest BCUT2D eigenvalue weighted by Crippen LogP contribution is 2.22. The molecule has 0 heterocycles. The number of hydrogen-bond donors (Lipinski definition) is 1. The van der Waals surface area contributed by atoms with Gasteiger partial charge in [-0.25, -0.2) is 0 Å². The van der Waals surface area contributed by atoms with Crippen LogP contribution in [0, 0.1) is 6.92 Å². The van der Waals surface area contributed by atoms with Crippen molar-refractivity contribution in [1.82, 2.24) is 5.32 Å². The number of aryl methyl sites for hydroxylation is 1. The van der Waals surface area contributed by atoms with Crippen LogP contribution in [0.3, 0.4) is 0 Å². The van der Waals surface area contributed by atoms with Crippen LogP contribution in [0.15, 0.2) is 24.3 Å². The molecule has 0 spiro atoms. The smallest absolute Gasteiger partial charge is 0.0723 e. The van der Waals surface area contributed by atoms with Crippen molar-refractivity contribution >= 4 is 0 Å². The van der Waals surface area contributed by atoms with Gasteiger partial charge in [-0.3, -0.25) is 0 Å². The summed E-state index contributed by atoms with van der Waals surface area (Å²) in [5.74, 6) is 0. The van der Waals surface area contributed by atoms with Gasteiger partial charge in [-0.15, -0.1) is 0 Å². The van der Waals surface area contributed by atoms with Gasteiger partial charge in [0.1, 0.15) is 0 Å². The van der Waals surface area contributed by atoms with E-state index in [-0.39, 0.29) is 0 Å². The zero-order chi connectivity index (χ0) is 13.5. The average Bonchev–Trinajstić information content (AvgIpc) is 2.45. The Kier molecular flexibility index (Phi) is 5.87. The Bertz CT molecular complexity index is 369. The molecule has 1 aromatic rings. The van der Waals surface area contributed by atoms with Crippen molar-refractivity contribution in [2.45, 2.75) is 64.7 Å². The predicted molar refractivity (Wildman–Crippen MR) is 80.3 cm³/mol. The number of rotatable bonds is 6. The second-order valence-electron chi connectivity index (χ2n) is 5.67. The molecule has 1 N–H and O–H groups in total. The van der Waals surface area contributed by atoms with Crippen LogP contribution in [-0.4, -0.2) is 18.7 Å². The second kappa shape index (κ2) is 7.66. The average molecular weight is 261 g/mol. The van der Waals surface area contributed by atoms with Gasteiger partial charge in [-0.2, -0.15) is 0 Å². The van der Waals surface area contributed by atoms with E-state index in [9.17, 15) is 0 Å². The molecule has 1 aliphatic carbocycles. The van der Waals surface area contributed by atoms with Gasteiger partial charge in [0, 0.05) is 6.04 Å². The van der Waals surface area contributed by atoms with Crippen molar-refractivity contribution in [2.75, 3.05) is 6.54 Å². The van der Waals surface area contributed by atoms with E-state index in [0.717, 1.165) is 19.2 Å². The number of nitrogens with one attached hydrogen (secondary N) is 1. The van der Waals surface area contributed by atoms with Gasteiger partial charge in [0.05, 0.1) is 12.7 Å². The SMILES string of the molecule is CCCNC1CCC(OCc2ccccc2C)CC1. The minimum absolute atomic E-state index is 0.458. The van der Waals surface area contributed by atoms with E-state index in [4.69, 9.17) is 4.74 Å². The topological polar surface area (TPSA) is 21.3 Å². The van der Waals surface area contributed by atoms with Gasteiger partial charge >= 0.3 is 0 Å². The Labute approximate surface area is 117 Å². The first kappa shape index (κ1) is 14.5. The summed E-state index contributed by atoms with van der Waals surface area (Å²) in [6.45, 7) is 6.30. The zero-order valence-electron chi connectivity index (χ0n) is 12.3. The van der Waals surface area contributed by atoms with Crippen molar-refractivity contribution in [3.63, 3.8) is 0 Å². The first-order valence-electron chi connectivity index (χ1n) is 7.69. The maximum Gasteiger partial charge on any atom is 0.0723 e. The van der Waals surface area contributed by atoms with Gasteiger partial charge in [0.2, 0.25) is 0 Å². The molecule has 19 heavy (non-hydrogen) atoms. The summed E-state index contributed by atoms with van der Waals surface area (Å²) < 4.78 is 6.07. The maximum absolute atomic E-state index is 6.07. The van der Waals surface area contributed by atoms with Crippen molar-refractivity contribution in [2.24, 2.45) is 0 Å². The van der Waals surface area contributed by atoms with E-state index in [2.05, 4.69) is 43.4 Å². The molecule has 0 atom stereocenters. The van der Waals surface area contributed by atoms with Gasteiger partial charge in [-0.05, 0) is 56.7 Å². The van der Waals surface area contributed by atoms with Crippen molar-refractivity contribution in [1.29, 1.82) is 0 Å². The summed E-state index contributed by atoms with van der Waals surface area (Å²) in [7, 11) is 0. The Hall–Kier alpha value is -0.860. The lowest BCUT2D eigenvalue weighted by Crippen LogP contribution is -2.35. The molecule has 0 aromatic heterocycles. The highest BCUT2D eigenvalue weighted by molar-refractivity contribution is 5.24. The van der Waals surface area contributed by atoms with Crippen molar-refractivity contribution < 1.29 is 4.74 Å². The van der Waals surface area contributed by atoms with Crippen LogP contribution in [0.2, 0.25) is 0 Å². The quantitative estimate of drug-likeness (QED) is 0.840. The second-order valence-corrected chi connectivity index (χ2v) is 5.67. The van der Waals surface area contributed by atoms with Gasteiger partial charge in [0.25, 0.3) is 0 Å². The number of benzene rings is 1. The summed E-state index contributed by atoms with van der Waals surface area (Å²) >= 11 is 0. The highest BCUT2D eigenvalue weighted by atomic mass is 16.5. The van der Waals surface area contributed by atoms with Crippen molar-refractivity contribution in [3.8, 4) is 0 Å². The van der Waals surface area contributed by atoms with Crippen LogP contribution < -0.4 is 5.32 Å². The third kappa shape index (κ3) is 4.63. The van der Waals surface area contributed by atoms with Gasteiger partial charge < -0.3 is 10.1 Å². The molecule has 1 fully saturated rings. The van der Waals surface area contributed by atoms with Crippen LogP contribution >= 0.6 is 0 Å². The monoisotopic (exact) mass is 261 g/mol. The molecule has 0 bridgehead atoms. The molecule has 0 amide bonds. The molecule has 0 radical (unpaired) electrons. The molecule has 106 valence electrons. The Morgan fingerprint density at radius 1 is 1.16 bits per heavy atom. The fraction of sp³-hybridized carbons (Fsp3) is 0.647. The van der Waals surface area contributed by atoms with E-state index >= 15 is 0 Å². The van der Waals surface area contributed by atoms with Crippen molar-refractivity contribution in [3.05, 3.63) is 35.4 Å². The van der Waals surface area contributed by atoms with E-state index in [1.54, 1.807) is 0 Å². The molecule has 0 aliphatic heterocycles. The molecule has 2 rings (SSSR count). The number of ether oxygens (including phenoxy) is 1. The van der Waals surface area contributed by atoms with E-state index in [0.29, 0.717) is 6.10 Å². The molecular formula is C17H27NO. The molecule has 1 aromatic carbocycles. The van der Waals surface area contributed by atoms with Crippen LogP contribution in [0.1, 0.15) is 50.2 Å². The fourth-order valence-electron chi connectivity index (χ4n) is 2.76. The lowest BCUT2D eigenvalue weighted by atomic mass is 9.93. The molecule has 1 aliphatic rings. The molecule has 1 saturated carbocycles. The minimum Gasteiger partial charge on any atom is -0.374 e. The van der Waals surface area contributed by atoms with Crippen LogP contribution in [0.4, 0.5) is 0 Å². The van der Waals surface area contributed by atoms with E-state index in [1.807, 2.05) is 0 Å². The van der Waals surface area contributed by atoms with E-state index < -0.39 is 0 Å². The predicted octanol–water partition coefficient (Wildman–Crippen LogP) is 3.82. The zero-order valence-corrected chi connectivity index (χ0v) is 12.3. The molecule has 2 nitrogen and oxygen atoms in total. The molecule has 0 unspecified atom stereocenters. The highest BCUT2D eigenvalue weighted by Gasteiger charge is 2.21.